The quantitative estimate of drug-likeness (QED) is 0.339. The van der Waals surface area contributed by atoms with E-state index in [1.54, 1.807) is 0 Å². The number of rotatable bonds is 6. The van der Waals surface area contributed by atoms with E-state index in [1.165, 1.54) is 16.7 Å². The van der Waals surface area contributed by atoms with Crippen molar-refractivity contribution in [3.8, 4) is 0 Å². The molecule has 0 saturated carbocycles. The van der Waals surface area contributed by atoms with Crippen LogP contribution in [-0.4, -0.2) is 78.0 Å². The number of morpholine rings is 1. The number of halogens is 1. The number of aromatic nitrogens is 2. The molecule has 2 aliphatic rings. The largest absolute Gasteiger partial charge is 0.379 e. The van der Waals surface area contributed by atoms with Gasteiger partial charge in [0.15, 0.2) is 5.96 Å². The number of ether oxygens (including phenoxy) is 1. The molecule has 0 aliphatic carbocycles. The van der Waals surface area contributed by atoms with Crippen LogP contribution in [0.5, 0.6) is 0 Å². The van der Waals surface area contributed by atoms with E-state index in [0.29, 0.717) is 5.92 Å². The maximum absolute atomic E-state index is 5.61. The van der Waals surface area contributed by atoms with Crippen LogP contribution in [0.1, 0.15) is 42.0 Å². The summed E-state index contributed by atoms with van der Waals surface area (Å²) in [6.45, 7) is 11.5. The molecule has 8 heteroatoms. The normalized spacial score (nSPS) is 20.8. The maximum Gasteiger partial charge on any atom is 0.194 e. The Morgan fingerprint density at radius 3 is 2.78 bits per heavy atom. The van der Waals surface area contributed by atoms with E-state index in [2.05, 4.69) is 64.5 Å². The lowest BCUT2D eigenvalue weighted by Crippen LogP contribution is -2.42. The first kappa shape index (κ1) is 25.0. The molecule has 3 heterocycles. The van der Waals surface area contributed by atoms with Gasteiger partial charge in [-0.15, -0.1) is 24.0 Å². The average molecular weight is 553 g/mol. The lowest BCUT2D eigenvalue weighted by atomic mass is 10.0. The van der Waals surface area contributed by atoms with Gasteiger partial charge in [0, 0.05) is 51.9 Å². The highest BCUT2D eigenvalue weighted by molar-refractivity contribution is 14.0. The maximum atomic E-state index is 5.61. The van der Waals surface area contributed by atoms with E-state index < -0.39 is 0 Å². The number of hydrogen-bond donors (Lipinski definition) is 1. The fourth-order valence-corrected chi connectivity index (χ4v) is 4.67. The SMILES string of the molecule is CCNC(=NCC(c1cccc(C)c1)N1CCOCC1)N1CCC(c2cnn(C)c2)C1.I. The second-order valence-corrected chi connectivity index (χ2v) is 8.65. The Balaban J connectivity index is 0.00000289. The Labute approximate surface area is 209 Å². The second-order valence-electron chi connectivity index (χ2n) is 8.65. The van der Waals surface area contributed by atoms with Gasteiger partial charge >= 0.3 is 0 Å². The van der Waals surface area contributed by atoms with Crippen LogP contribution < -0.4 is 5.32 Å². The molecule has 7 nitrogen and oxygen atoms in total. The van der Waals surface area contributed by atoms with Crippen LogP contribution >= 0.6 is 24.0 Å². The molecule has 0 amide bonds. The highest BCUT2D eigenvalue weighted by Gasteiger charge is 2.28. The average Bonchev–Trinajstić information content (AvgIpc) is 3.43. The van der Waals surface area contributed by atoms with Gasteiger partial charge < -0.3 is 15.0 Å². The number of hydrogen-bond acceptors (Lipinski definition) is 4. The summed E-state index contributed by atoms with van der Waals surface area (Å²) in [7, 11) is 1.98. The van der Waals surface area contributed by atoms with Gasteiger partial charge in [-0.05, 0) is 31.4 Å². The number of nitrogens with zero attached hydrogens (tertiary/aromatic N) is 5. The molecule has 2 aliphatic heterocycles. The smallest absolute Gasteiger partial charge is 0.194 e. The van der Waals surface area contributed by atoms with Gasteiger partial charge in [0.2, 0.25) is 0 Å². The molecule has 1 N–H and O–H groups in total. The van der Waals surface area contributed by atoms with Gasteiger partial charge in [-0.3, -0.25) is 14.6 Å². The second kappa shape index (κ2) is 12.0. The Kier molecular flexibility index (Phi) is 9.36. The van der Waals surface area contributed by atoms with Crippen molar-refractivity contribution in [1.29, 1.82) is 0 Å². The molecule has 32 heavy (non-hydrogen) atoms. The summed E-state index contributed by atoms with van der Waals surface area (Å²) in [5.74, 6) is 1.55. The molecule has 4 rings (SSSR count). The summed E-state index contributed by atoms with van der Waals surface area (Å²) >= 11 is 0. The molecular formula is C24H37IN6O. The van der Waals surface area contributed by atoms with Crippen molar-refractivity contribution in [2.45, 2.75) is 32.2 Å². The Morgan fingerprint density at radius 2 is 2.09 bits per heavy atom. The van der Waals surface area contributed by atoms with Gasteiger partial charge in [-0.25, -0.2) is 0 Å². The zero-order valence-electron chi connectivity index (χ0n) is 19.5. The fraction of sp³-hybridized carbons (Fsp3) is 0.583. The molecule has 2 aromatic rings. The zero-order valence-corrected chi connectivity index (χ0v) is 21.9. The summed E-state index contributed by atoms with van der Waals surface area (Å²) in [5.41, 5.74) is 3.97. The Morgan fingerprint density at radius 1 is 1.28 bits per heavy atom. The molecule has 2 saturated heterocycles. The Bertz CT molecular complexity index is 879. The van der Waals surface area contributed by atoms with Gasteiger partial charge in [-0.1, -0.05) is 29.8 Å². The molecule has 0 bridgehead atoms. The molecule has 2 fully saturated rings. The third-order valence-electron chi connectivity index (χ3n) is 6.35. The zero-order chi connectivity index (χ0) is 21.6. The number of likely N-dealkylation sites (tertiary alicyclic amines) is 1. The number of benzene rings is 1. The highest BCUT2D eigenvalue weighted by atomic mass is 127. The van der Waals surface area contributed by atoms with Crippen molar-refractivity contribution in [2.24, 2.45) is 12.0 Å². The lowest BCUT2D eigenvalue weighted by Gasteiger charge is -2.34. The summed E-state index contributed by atoms with van der Waals surface area (Å²) in [6, 6.07) is 9.14. The minimum atomic E-state index is 0. The van der Waals surface area contributed by atoms with Crippen LogP contribution in [0.15, 0.2) is 41.7 Å². The number of aryl methyl sites for hydroxylation is 2. The van der Waals surface area contributed by atoms with Crippen LogP contribution in [0.2, 0.25) is 0 Å². The van der Waals surface area contributed by atoms with Crippen molar-refractivity contribution in [3.05, 3.63) is 53.3 Å². The van der Waals surface area contributed by atoms with E-state index in [4.69, 9.17) is 9.73 Å². The van der Waals surface area contributed by atoms with Crippen molar-refractivity contribution >= 4 is 29.9 Å². The first-order valence-corrected chi connectivity index (χ1v) is 11.5. The van der Waals surface area contributed by atoms with E-state index >= 15 is 0 Å². The molecule has 1 aromatic heterocycles. The predicted octanol–water partition coefficient (Wildman–Crippen LogP) is 3.17. The van der Waals surface area contributed by atoms with Gasteiger partial charge in [0.1, 0.15) is 0 Å². The molecule has 0 spiro atoms. The van der Waals surface area contributed by atoms with E-state index in [1.807, 2.05) is 17.9 Å². The summed E-state index contributed by atoms with van der Waals surface area (Å²) in [5, 5.41) is 7.89. The van der Waals surface area contributed by atoms with Crippen molar-refractivity contribution < 1.29 is 4.74 Å². The molecule has 176 valence electrons. The number of nitrogens with one attached hydrogen (secondary N) is 1. The van der Waals surface area contributed by atoms with Crippen molar-refractivity contribution in [1.82, 2.24) is 24.9 Å². The van der Waals surface area contributed by atoms with Gasteiger partial charge in [-0.2, -0.15) is 5.10 Å². The van der Waals surface area contributed by atoms with Crippen molar-refractivity contribution in [2.75, 3.05) is 52.5 Å². The number of aliphatic imine (C=N–C) groups is 1. The summed E-state index contributed by atoms with van der Waals surface area (Å²) in [4.78, 5) is 10.1. The van der Waals surface area contributed by atoms with Gasteiger partial charge in [0.05, 0.1) is 32.0 Å². The lowest BCUT2D eigenvalue weighted by molar-refractivity contribution is 0.0179. The van der Waals surface area contributed by atoms with E-state index in [0.717, 1.165) is 64.9 Å². The summed E-state index contributed by atoms with van der Waals surface area (Å²) < 4.78 is 7.50. The molecule has 0 radical (unpaired) electrons. The monoisotopic (exact) mass is 552 g/mol. The predicted molar refractivity (Wildman–Crippen MR) is 140 cm³/mol. The first-order chi connectivity index (χ1) is 15.1. The topological polar surface area (TPSA) is 57.9 Å². The standard InChI is InChI=1S/C24H36N6O.HI/c1-4-25-24(30-9-8-21(18-30)22-15-27-28(3)17-22)26-16-23(29-10-12-31-13-11-29)20-7-5-6-19(2)14-20;/h5-7,14-15,17,21,23H,4,8-13,16,18H2,1-3H3,(H,25,26);1H. The molecule has 2 atom stereocenters. The van der Waals surface area contributed by atoms with Crippen LogP contribution in [0.3, 0.4) is 0 Å². The third-order valence-corrected chi connectivity index (χ3v) is 6.35. The van der Waals surface area contributed by atoms with Crippen LogP contribution in [-0.2, 0) is 11.8 Å². The summed E-state index contributed by atoms with van der Waals surface area (Å²) in [6.07, 6.45) is 5.29. The van der Waals surface area contributed by atoms with Crippen LogP contribution in [0.4, 0.5) is 0 Å². The van der Waals surface area contributed by atoms with Crippen LogP contribution in [0.25, 0.3) is 0 Å². The first-order valence-electron chi connectivity index (χ1n) is 11.5. The van der Waals surface area contributed by atoms with E-state index in [-0.39, 0.29) is 30.0 Å². The minimum Gasteiger partial charge on any atom is -0.379 e. The molecule has 1 aromatic carbocycles. The van der Waals surface area contributed by atoms with Crippen LogP contribution in [0, 0.1) is 6.92 Å². The molecule has 2 unspecified atom stereocenters. The van der Waals surface area contributed by atoms with Crippen molar-refractivity contribution in [3.63, 3.8) is 0 Å². The Hall–Kier alpha value is -1.65. The van der Waals surface area contributed by atoms with E-state index in [9.17, 15) is 0 Å². The molecular weight excluding hydrogens is 515 g/mol. The van der Waals surface area contributed by atoms with Gasteiger partial charge in [0.25, 0.3) is 0 Å². The highest BCUT2D eigenvalue weighted by Crippen LogP contribution is 2.27. The fourth-order valence-electron chi connectivity index (χ4n) is 4.67. The number of guanidine groups is 1. The third kappa shape index (κ3) is 6.23. The minimum absolute atomic E-state index is 0.